The fourth-order valence-corrected chi connectivity index (χ4v) is 2.32. The van der Waals surface area contributed by atoms with E-state index in [0.29, 0.717) is 6.54 Å². The first-order chi connectivity index (χ1) is 8.47. The topological polar surface area (TPSA) is 41.6 Å². The predicted molar refractivity (Wildman–Crippen MR) is 73.6 cm³/mol. The van der Waals surface area contributed by atoms with E-state index in [-0.39, 0.29) is 17.4 Å². The van der Waals surface area contributed by atoms with Gasteiger partial charge in [-0.3, -0.25) is 9.69 Å². The van der Waals surface area contributed by atoms with Gasteiger partial charge in [0.05, 0.1) is 13.2 Å². The van der Waals surface area contributed by atoms with Gasteiger partial charge in [0.25, 0.3) is 0 Å². The molecule has 0 spiro atoms. The second-order valence-electron chi connectivity index (χ2n) is 5.82. The summed E-state index contributed by atoms with van der Waals surface area (Å²) < 4.78 is 5.36. The average Bonchev–Trinajstić information content (AvgIpc) is 2.37. The van der Waals surface area contributed by atoms with E-state index in [4.69, 9.17) is 4.74 Å². The van der Waals surface area contributed by atoms with E-state index in [1.807, 2.05) is 6.92 Å². The second kappa shape index (κ2) is 7.10. The molecule has 0 bridgehead atoms. The van der Waals surface area contributed by atoms with Gasteiger partial charge in [0.15, 0.2) is 0 Å². The third-order valence-corrected chi connectivity index (χ3v) is 3.73. The van der Waals surface area contributed by atoms with Crippen LogP contribution in [0.15, 0.2) is 0 Å². The van der Waals surface area contributed by atoms with Crippen LogP contribution in [0.3, 0.4) is 0 Å². The molecule has 106 valence electrons. The Morgan fingerprint density at radius 2 is 2.00 bits per heavy atom. The third-order valence-electron chi connectivity index (χ3n) is 3.73. The maximum atomic E-state index is 11.9. The Balaban J connectivity index is 2.38. The lowest BCUT2D eigenvalue weighted by molar-refractivity contribution is -0.125. The van der Waals surface area contributed by atoms with Gasteiger partial charge in [0.1, 0.15) is 0 Å². The van der Waals surface area contributed by atoms with Crippen LogP contribution in [0.2, 0.25) is 0 Å². The number of hydrogen-bond donors (Lipinski definition) is 1. The normalized spacial score (nSPS) is 19.6. The van der Waals surface area contributed by atoms with Crippen LogP contribution in [0.5, 0.6) is 0 Å². The second-order valence-corrected chi connectivity index (χ2v) is 5.82. The Hall–Kier alpha value is -0.610. The molecule has 0 aromatic heterocycles. The SMILES string of the molecule is CCCC(C)C(=O)NCC(C)(C)N1CCOCC1. The number of nitrogens with zero attached hydrogens (tertiary/aromatic N) is 1. The first kappa shape index (κ1) is 15.4. The molecule has 1 rings (SSSR count). The number of carbonyl (C=O) groups is 1. The van der Waals surface area contributed by atoms with Crippen molar-refractivity contribution in [3.8, 4) is 0 Å². The maximum Gasteiger partial charge on any atom is 0.222 e. The molecule has 18 heavy (non-hydrogen) atoms. The average molecular weight is 256 g/mol. The molecular weight excluding hydrogens is 228 g/mol. The highest BCUT2D eigenvalue weighted by Gasteiger charge is 2.28. The number of rotatable bonds is 6. The van der Waals surface area contributed by atoms with Crippen molar-refractivity contribution in [2.75, 3.05) is 32.8 Å². The Kier molecular flexibility index (Phi) is 6.09. The lowest BCUT2D eigenvalue weighted by Crippen LogP contribution is -2.55. The summed E-state index contributed by atoms with van der Waals surface area (Å²) in [6.45, 7) is 12.7. The number of nitrogens with one attached hydrogen (secondary N) is 1. The van der Waals surface area contributed by atoms with Crippen molar-refractivity contribution in [3.63, 3.8) is 0 Å². The van der Waals surface area contributed by atoms with Gasteiger partial charge >= 0.3 is 0 Å². The summed E-state index contributed by atoms with van der Waals surface area (Å²) in [6.07, 6.45) is 2.02. The highest BCUT2D eigenvalue weighted by atomic mass is 16.5. The van der Waals surface area contributed by atoms with Crippen LogP contribution in [0.1, 0.15) is 40.5 Å². The minimum atomic E-state index is 0.00533. The Labute approximate surface area is 111 Å². The third kappa shape index (κ3) is 4.58. The molecule has 4 heteroatoms. The molecule has 1 fully saturated rings. The lowest BCUT2D eigenvalue weighted by Gasteiger charge is -2.41. The summed E-state index contributed by atoms with van der Waals surface area (Å²) in [5, 5.41) is 3.08. The standard InChI is InChI=1S/C14H28N2O2/c1-5-6-12(2)13(17)15-11-14(3,4)16-7-9-18-10-8-16/h12H,5-11H2,1-4H3,(H,15,17). The zero-order chi connectivity index (χ0) is 13.6. The van der Waals surface area contributed by atoms with Crippen LogP contribution in [-0.4, -0.2) is 49.2 Å². The minimum Gasteiger partial charge on any atom is -0.379 e. The summed E-state index contributed by atoms with van der Waals surface area (Å²) in [6, 6.07) is 0. The molecule has 1 aliphatic heterocycles. The van der Waals surface area contributed by atoms with Gasteiger partial charge < -0.3 is 10.1 Å². The van der Waals surface area contributed by atoms with Gasteiger partial charge in [-0.1, -0.05) is 20.3 Å². The number of carbonyl (C=O) groups excluding carboxylic acids is 1. The van der Waals surface area contributed by atoms with Crippen molar-refractivity contribution in [1.82, 2.24) is 10.2 Å². The molecule has 1 N–H and O–H groups in total. The van der Waals surface area contributed by atoms with E-state index in [9.17, 15) is 4.79 Å². The summed E-state index contributed by atoms with van der Waals surface area (Å²) >= 11 is 0. The van der Waals surface area contributed by atoms with E-state index in [0.717, 1.165) is 39.1 Å². The predicted octanol–water partition coefficient (Wildman–Crippen LogP) is 1.65. The molecule has 0 aromatic rings. The van der Waals surface area contributed by atoms with Crippen molar-refractivity contribution in [2.24, 2.45) is 5.92 Å². The van der Waals surface area contributed by atoms with Crippen LogP contribution in [0.25, 0.3) is 0 Å². The molecule has 0 aliphatic carbocycles. The molecule has 1 saturated heterocycles. The zero-order valence-corrected chi connectivity index (χ0v) is 12.3. The first-order valence-electron chi connectivity index (χ1n) is 7.08. The maximum absolute atomic E-state index is 11.9. The number of ether oxygens (including phenoxy) is 1. The van der Waals surface area contributed by atoms with Gasteiger partial charge in [-0.2, -0.15) is 0 Å². The smallest absolute Gasteiger partial charge is 0.222 e. The molecule has 4 nitrogen and oxygen atoms in total. The molecule has 0 radical (unpaired) electrons. The van der Waals surface area contributed by atoms with Crippen LogP contribution < -0.4 is 5.32 Å². The van der Waals surface area contributed by atoms with E-state index >= 15 is 0 Å². The van der Waals surface area contributed by atoms with Gasteiger partial charge in [-0.15, -0.1) is 0 Å². The highest BCUT2D eigenvalue weighted by Crippen LogP contribution is 2.15. The van der Waals surface area contributed by atoms with Crippen LogP contribution in [-0.2, 0) is 9.53 Å². The van der Waals surface area contributed by atoms with E-state index < -0.39 is 0 Å². The van der Waals surface area contributed by atoms with Gasteiger partial charge in [0.2, 0.25) is 5.91 Å². The monoisotopic (exact) mass is 256 g/mol. The first-order valence-corrected chi connectivity index (χ1v) is 7.08. The number of morpholine rings is 1. The van der Waals surface area contributed by atoms with Crippen molar-refractivity contribution in [1.29, 1.82) is 0 Å². The molecule has 1 unspecified atom stereocenters. The summed E-state index contributed by atoms with van der Waals surface area (Å²) in [5.74, 6) is 0.300. The van der Waals surface area contributed by atoms with Crippen molar-refractivity contribution in [2.45, 2.75) is 46.1 Å². The highest BCUT2D eigenvalue weighted by molar-refractivity contribution is 5.78. The number of hydrogen-bond acceptors (Lipinski definition) is 3. The minimum absolute atomic E-state index is 0.00533. The van der Waals surface area contributed by atoms with Crippen LogP contribution in [0, 0.1) is 5.92 Å². The van der Waals surface area contributed by atoms with Crippen LogP contribution in [0.4, 0.5) is 0 Å². The summed E-state index contributed by atoms with van der Waals surface area (Å²) in [5.41, 5.74) is 0.00533. The van der Waals surface area contributed by atoms with E-state index in [1.165, 1.54) is 0 Å². The Bertz CT molecular complexity index is 261. The molecule has 1 atom stereocenters. The van der Waals surface area contributed by atoms with E-state index in [2.05, 4.69) is 31.0 Å². The molecule has 1 heterocycles. The molecule has 1 aliphatic rings. The quantitative estimate of drug-likeness (QED) is 0.785. The van der Waals surface area contributed by atoms with Gasteiger partial charge in [-0.25, -0.2) is 0 Å². The molecule has 0 aromatic carbocycles. The lowest BCUT2D eigenvalue weighted by atomic mass is 10.0. The van der Waals surface area contributed by atoms with Crippen LogP contribution >= 0.6 is 0 Å². The van der Waals surface area contributed by atoms with Crippen molar-refractivity contribution in [3.05, 3.63) is 0 Å². The Morgan fingerprint density at radius 1 is 1.39 bits per heavy atom. The van der Waals surface area contributed by atoms with Gasteiger partial charge in [-0.05, 0) is 20.3 Å². The Morgan fingerprint density at radius 3 is 2.56 bits per heavy atom. The molecule has 1 amide bonds. The molecule has 0 saturated carbocycles. The largest absolute Gasteiger partial charge is 0.379 e. The van der Waals surface area contributed by atoms with Crippen molar-refractivity contribution < 1.29 is 9.53 Å². The van der Waals surface area contributed by atoms with Gasteiger partial charge in [0, 0.05) is 31.1 Å². The fraction of sp³-hybridized carbons (Fsp3) is 0.929. The summed E-state index contributed by atoms with van der Waals surface area (Å²) in [4.78, 5) is 14.3. The zero-order valence-electron chi connectivity index (χ0n) is 12.3. The molecular formula is C14H28N2O2. The number of amides is 1. The van der Waals surface area contributed by atoms with E-state index in [1.54, 1.807) is 0 Å². The van der Waals surface area contributed by atoms with Crippen molar-refractivity contribution >= 4 is 5.91 Å². The summed E-state index contributed by atoms with van der Waals surface area (Å²) in [7, 11) is 0. The fourth-order valence-electron chi connectivity index (χ4n) is 2.32.